The molecular weight excluding hydrogens is 342 g/mol. The van der Waals surface area contributed by atoms with Gasteiger partial charge in [-0.25, -0.2) is 0 Å². The van der Waals surface area contributed by atoms with Crippen LogP contribution < -0.4 is 0 Å². The van der Waals surface area contributed by atoms with Gasteiger partial charge < -0.3 is 14.8 Å². The average molecular weight is 365 g/mol. The highest BCUT2D eigenvalue weighted by Crippen LogP contribution is 2.28. The first kappa shape index (κ1) is 17.5. The van der Waals surface area contributed by atoms with Crippen molar-refractivity contribution >= 4 is 17.6 Å². The van der Waals surface area contributed by atoms with Crippen LogP contribution in [0.15, 0.2) is 30.3 Å². The van der Waals surface area contributed by atoms with E-state index in [4.69, 9.17) is 0 Å². The number of carbonyl (C=O) groups excluding carboxylic acids is 3. The summed E-state index contributed by atoms with van der Waals surface area (Å²) < 4.78 is 0. The predicted molar refractivity (Wildman–Crippen MR) is 101 cm³/mol. The van der Waals surface area contributed by atoms with E-state index in [9.17, 15) is 14.4 Å². The summed E-state index contributed by atoms with van der Waals surface area (Å²) in [5.74, 6) is -0.0537. The van der Waals surface area contributed by atoms with Gasteiger partial charge in [0.25, 0.3) is 11.8 Å². The number of carbonyl (C=O) groups is 3. The number of aromatic amines is 1. The van der Waals surface area contributed by atoms with Crippen LogP contribution in [0.5, 0.6) is 0 Å². The summed E-state index contributed by atoms with van der Waals surface area (Å²) in [5, 5.41) is 0. The van der Waals surface area contributed by atoms with Gasteiger partial charge in [0.15, 0.2) is 5.78 Å². The van der Waals surface area contributed by atoms with Crippen LogP contribution in [0.1, 0.15) is 55.3 Å². The van der Waals surface area contributed by atoms with Gasteiger partial charge in [0.2, 0.25) is 0 Å². The Labute approximate surface area is 158 Å². The second-order valence-electron chi connectivity index (χ2n) is 7.21. The molecule has 0 bridgehead atoms. The van der Waals surface area contributed by atoms with Crippen LogP contribution in [0.25, 0.3) is 0 Å². The number of nitrogens with zero attached hydrogens (tertiary/aromatic N) is 2. The maximum Gasteiger partial charge on any atom is 0.256 e. The van der Waals surface area contributed by atoms with Crippen LogP contribution in [0.4, 0.5) is 0 Å². The Balaban J connectivity index is 1.48. The van der Waals surface area contributed by atoms with Crippen LogP contribution in [-0.4, -0.2) is 58.6 Å². The largest absolute Gasteiger partial charge is 0.361 e. The minimum absolute atomic E-state index is 0.00641. The molecule has 0 saturated carbocycles. The van der Waals surface area contributed by atoms with Crippen LogP contribution in [0.2, 0.25) is 0 Å². The molecule has 6 heteroatoms. The van der Waals surface area contributed by atoms with Crippen molar-refractivity contribution in [1.29, 1.82) is 0 Å². The first-order chi connectivity index (χ1) is 13.1. The van der Waals surface area contributed by atoms with Crippen molar-refractivity contribution in [3.63, 3.8) is 0 Å². The standard InChI is InChI=1S/C21H23N3O3/c1-14-18(19-16(22-14)8-5-9-17(19)25)21(27)24-12-10-23(11-13-24)20(26)15-6-3-2-4-7-15/h2-4,6-7,22H,5,8-13H2,1H3. The third-order valence-corrected chi connectivity index (χ3v) is 5.46. The molecular formula is C21H23N3O3. The highest BCUT2D eigenvalue weighted by atomic mass is 16.2. The van der Waals surface area contributed by atoms with E-state index in [-0.39, 0.29) is 17.6 Å². The van der Waals surface area contributed by atoms with Crippen LogP contribution in [-0.2, 0) is 6.42 Å². The zero-order valence-electron chi connectivity index (χ0n) is 15.5. The molecule has 1 aliphatic carbocycles. The molecule has 2 aliphatic rings. The molecule has 1 aliphatic heterocycles. The number of piperazine rings is 1. The molecule has 27 heavy (non-hydrogen) atoms. The lowest BCUT2D eigenvalue weighted by molar-refractivity contribution is 0.0534. The summed E-state index contributed by atoms with van der Waals surface area (Å²) in [4.78, 5) is 44.8. The van der Waals surface area contributed by atoms with Gasteiger partial charge >= 0.3 is 0 Å². The van der Waals surface area contributed by atoms with Gasteiger partial charge in [0, 0.05) is 49.6 Å². The number of hydrogen-bond acceptors (Lipinski definition) is 3. The van der Waals surface area contributed by atoms with Gasteiger partial charge in [-0.05, 0) is 31.9 Å². The number of amides is 2. The summed E-state index contributed by atoms with van der Waals surface area (Å²) in [7, 11) is 0. The molecule has 0 spiro atoms. The first-order valence-electron chi connectivity index (χ1n) is 9.44. The van der Waals surface area contributed by atoms with Crippen molar-refractivity contribution in [2.45, 2.75) is 26.2 Å². The number of H-pyrrole nitrogens is 1. The van der Waals surface area contributed by atoms with E-state index in [0.717, 1.165) is 24.2 Å². The highest BCUT2D eigenvalue weighted by Gasteiger charge is 2.32. The Hall–Kier alpha value is -2.89. The van der Waals surface area contributed by atoms with E-state index >= 15 is 0 Å². The number of ketones is 1. The van der Waals surface area contributed by atoms with Crippen LogP contribution >= 0.6 is 0 Å². The van der Waals surface area contributed by atoms with Crippen molar-refractivity contribution in [1.82, 2.24) is 14.8 Å². The summed E-state index contributed by atoms with van der Waals surface area (Å²) in [6.45, 7) is 3.81. The third-order valence-electron chi connectivity index (χ3n) is 5.46. The first-order valence-corrected chi connectivity index (χ1v) is 9.44. The van der Waals surface area contributed by atoms with Gasteiger partial charge in [0.1, 0.15) is 0 Å². The topological polar surface area (TPSA) is 73.5 Å². The quantitative estimate of drug-likeness (QED) is 0.888. The number of aromatic nitrogens is 1. The molecule has 1 aromatic carbocycles. The maximum absolute atomic E-state index is 13.1. The normalized spacial score (nSPS) is 17.0. The second-order valence-corrected chi connectivity index (χ2v) is 7.21. The van der Waals surface area contributed by atoms with Crippen LogP contribution in [0.3, 0.4) is 0 Å². The molecule has 4 rings (SSSR count). The van der Waals surface area contributed by atoms with Gasteiger partial charge in [-0.2, -0.15) is 0 Å². The molecule has 2 aromatic rings. The van der Waals surface area contributed by atoms with Gasteiger partial charge in [0.05, 0.1) is 11.1 Å². The fourth-order valence-electron chi connectivity index (χ4n) is 4.04. The molecule has 2 amide bonds. The summed E-state index contributed by atoms with van der Waals surface area (Å²) in [6.07, 6.45) is 2.15. The summed E-state index contributed by atoms with van der Waals surface area (Å²) in [5.41, 5.74) is 3.44. The Morgan fingerprint density at radius 3 is 2.22 bits per heavy atom. The smallest absolute Gasteiger partial charge is 0.256 e. The monoisotopic (exact) mass is 365 g/mol. The van der Waals surface area contributed by atoms with E-state index in [1.165, 1.54) is 0 Å². The predicted octanol–water partition coefficient (Wildman–Crippen LogP) is 2.44. The SMILES string of the molecule is Cc1[nH]c2c(c1C(=O)N1CCN(C(=O)c3ccccc3)CC1)C(=O)CCC2. The number of Topliss-reactive ketones (excluding diaryl/α,β-unsaturated/α-hetero) is 1. The van der Waals surface area contributed by atoms with E-state index < -0.39 is 0 Å². The molecule has 1 N–H and O–H groups in total. The molecule has 2 heterocycles. The number of hydrogen-bond donors (Lipinski definition) is 1. The lowest BCUT2D eigenvalue weighted by Crippen LogP contribution is -2.50. The van der Waals surface area contributed by atoms with Crippen molar-refractivity contribution in [3.05, 3.63) is 58.4 Å². The lowest BCUT2D eigenvalue weighted by atomic mass is 9.92. The Kier molecular flexibility index (Phi) is 4.56. The van der Waals surface area contributed by atoms with E-state index in [2.05, 4.69) is 4.98 Å². The number of benzene rings is 1. The Morgan fingerprint density at radius 2 is 1.56 bits per heavy atom. The summed E-state index contributed by atoms with van der Waals surface area (Å²) in [6, 6.07) is 9.19. The van der Waals surface area contributed by atoms with Gasteiger partial charge in [-0.15, -0.1) is 0 Å². The molecule has 6 nitrogen and oxygen atoms in total. The molecule has 0 radical (unpaired) electrons. The fraction of sp³-hybridized carbons (Fsp3) is 0.381. The third kappa shape index (κ3) is 3.16. The van der Waals surface area contributed by atoms with Gasteiger partial charge in [-0.1, -0.05) is 18.2 Å². The molecule has 0 unspecified atom stereocenters. The van der Waals surface area contributed by atoms with Crippen molar-refractivity contribution in [3.8, 4) is 0 Å². The number of fused-ring (bicyclic) bond motifs is 1. The second kappa shape index (κ2) is 7.02. The number of rotatable bonds is 2. The molecule has 1 fully saturated rings. The zero-order valence-corrected chi connectivity index (χ0v) is 15.5. The van der Waals surface area contributed by atoms with E-state index in [1.54, 1.807) is 21.9 Å². The molecule has 1 saturated heterocycles. The minimum atomic E-state index is -0.105. The molecule has 1 aromatic heterocycles. The number of aryl methyl sites for hydroxylation is 2. The van der Waals surface area contributed by atoms with Crippen molar-refractivity contribution in [2.75, 3.05) is 26.2 Å². The lowest BCUT2D eigenvalue weighted by Gasteiger charge is -2.35. The van der Waals surface area contributed by atoms with Crippen molar-refractivity contribution < 1.29 is 14.4 Å². The van der Waals surface area contributed by atoms with Gasteiger partial charge in [-0.3, -0.25) is 14.4 Å². The van der Waals surface area contributed by atoms with Crippen molar-refractivity contribution in [2.24, 2.45) is 0 Å². The average Bonchev–Trinajstić information content (AvgIpc) is 3.05. The number of nitrogens with one attached hydrogen (secondary N) is 1. The molecule has 140 valence electrons. The maximum atomic E-state index is 13.1. The van der Waals surface area contributed by atoms with E-state index in [0.29, 0.717) is 49.3 Å². The van der Waals surface area contributed by atoms with Crippen LogP contribution in [0, 0.1) is 6.92 Å². The van der Waals surface area contributed by atoms with E-state index in [1.807, 2.05) is 25.1 Å². The highest BCUT2D eigenvalue weighted by molar-refractivity contribution is 6.10. The fourth-order valence-corrected chi connectivity index (χ4v) is 4.04. The Morgan fingerprint density at radius 1 is 0.926 bits per heavy atom. The minimum Gasteiger partial charge on any atom is -0.361 e. The molecule has 0 atom stereocenters. The summed E-state index contributed by atoms with van der Waals surface area (Å²) >= 11 is 0. The Bertz CT molecular complexity index is 893. The zero-order chi connectivity index (χ0) is 19.0.